The van der Waals surface area contributed by atoms with Crippen LogP contribution in [0.1, 0.15) is 30.5 Å². The van der Waals surface area contributed by atoms with E-state index in [4.69, 9.17) is 14.5 Å². The Morgan fingerprint density at radius 3 is 2.55 bits per heavy atom. The number of nitrogens with one attached hydrogen (secondary N) is 2. The van der Waals surface area contributed by atoms with E-state index in [1.54, 1.807) is 11.8 Å². The third-order valence-corrected chi connectivity index (χ3v) is 4.79. The Labute approximate surface area is 213 Å². The number of nitrogens with zero attached hydrogens (tertiary/aromatic N) is 3. The van der Waals surface area contributed by atoms with Crippen molar-refractivity contribution in [3.05, 3.63) is 71.5 Å². The number of aliphatic imine (C=N–C) groups is 1. The van der Waals surface area contributed by atoms with Crippen molar-refractivity contribution >= 4 is 35.6 Å². The van der Waals surface area contributed by atoms with Crippen LogP contribution in [0, 0.1) is 6.92 Å². The van der Waals surface area contributed by atoms with Crippen LogP contribution in [-0.4, -0.2) is 35.5 Å². The molecule has 8 heteroatoms. The van der Waals surface area contributed by atoms with E-state index in [1.165, 1.54) is 11.1 Å². The zero-order chi connectivity index (χ0) is 22.9. The van der Waals surface area contributed by atoms with Gasteiger partial charge < -0.3 is 20.1 Å². The molecular weight excluding hydrogens is 529 g/mol. The summed E-state index contributed by atoms with van der Waals surface area (Å²) in [5.74, 6) is 2.46. The Morgan fingerprint density at radius 1 is 1.15 bits per heavy atom. The van der Waals surface area contributed by atoms with Gasteiger partial charge in [0.25, 0.3) is 0 Å². The Morgan fingerprint density at radius 2 is 1.91 bits per heavy atom. The van der Waals surface area contributed by atoms with Crippen molar-refractivity contribution in [3.8, 4) is 11.5 Å². The number of aryl methyl sites for hydroxylation is 2. The summed E-state index contributed by atoms with van der Waals surface area (Å²) in [4.78, 5) is 4.74. The molecule has 3 rings (SSSR count). The number of halogens is 1. The largest absolute Gasteiger partial charge is 0.496 e. The first kappa shape index (κ1) is 26.5. The van der Waals surface area contributed by atoms with Crippen LogP contribution in [0.3, 0.4) is 0 Å². The van der Waals surface area contributed by atoms with Gasteiger partial charge in [0.1, 0.15) is 11.5 Å². The average Bonchev–Trinajstić information content (AvgIpc) is 3.18. The van der Waals surface area contributed by atoms with E-state index in [-0.39, 0.29) is 30.1 Å². The number of guanidine groups is 1. The second-order valence-electron chi connectivity index (χ2n) is 8.00. The number of methoxy groups -OCH3 is 1. The van der Waals surface area contributed by atoms with Crippen LogP contribution in [-0.2, 0) is 20.0 Å². The molecule has 0 aliphatic carbocycles. The molecule has 0 fully saturated rings. The van der Waals surface area contributed by atoms with E-state index >= 15 is 0 Å². The summed E-state index contributed by atoms with van der Waals surface area (Å²) in [6.07, 6.45) is 4.76. The summed E-state index contributed by atoms with van der Waals surface area (Å²) in [6, 6.07) is 14.1. The van der Waals surface area contributed by atoms with Crippen molar-refractivity contribution in [2.75, 3.05) is 19.0 Å². The zero-order valence-electron chi connectivity index (χ0n) is 20.0. The van der Waals surface area contributed by atoms with Gasteiger partial charge >= 0.3 is 0 Å². The molecule has 0 amide bonds. The van der Waals surface area contributed by atoms with Gasteiger partial charge in [-0.05, 0) is 63.1 Å². The third kappa shape index (κ3) is 8.60. The minimum absolute atomic E-state index is 0. The van der Waals surface area contributed by atoms with Gasteiger partial charge in [-0.3, -0.25) is 4.68 Å². The first-order valence-corrected chi connectivity index (χ1v) is 10.9. The molecule has 0 saturated heterocycles. The first-order valence-electron chi connectivity index (χ1n) is 10.9. The molecule has 2 aromatic carbocycles. The molecule has 0 radical (unpaired) electrons. The van der Waals surface area contributed by atoms with Crippen LogP contribution in [0.5, 0.6) is 11.5 Å². The summed E-state index contributed by atoms with van der Waals surface area (Å²) in [6.45, 7) is 7.37. The molecule has 3 aromatic rings. The highest BCUT2D eigenvalue weighted by Crippen LogP contribution is 2.20. The van der Waals surface area contributed by atoms with Crippen molar-refractivity contribution in [1.29, 1.82) is 0 Å². The molecule has 7 nitrogen and oxygen atoms in total. The number of hydrogen-bond acceptors (Lipinski definition) is 4. The fraction of sp³-hybridized carbons (Fsp3) is 0.360. The number of ether oxygens (including phenoxy) is 2. The maximum absolute atomic E-state index is 5.73. The van der Waals surface area contributed by atoms with Crippen molar-refractivity contribution in [2.24, 2.45) is 12.0 Å². The average molecular weight is 563 g/mol. The number of aromatic nitrogens is 2. The summed E-state index contributed by atoms with van der Waals surface area (Å²) in [5, 5.41) is 11.0. The predicted octanol–water partition coefficient (Wildman–Crippen LogP) is 4.94. The molecule has 2 N–H and O–H groups in total. The SMILES string of the molecule is COc1ccc(C)cc1CCNC(=NCc1cnn(C)c1)Nc1ccc(OC(C)C)cc1.I. The van der Waals surface area contributed by atoms with Gasteiger partial charge in [-0.1, -0.05) is 17.7 Å². The highest BCUT2D eigenvalue weighted by molar-refractivity contribution is 14.0. The topological polar surface area (TPSA) is 72.7 Å². The van der Waals surface area contributed by atoms with E-state index in [1.807, 2.05) is 63.6 Å². The summed E-state index contributed by atoms with van der Waals surface area (Å²) >= 11 is 0. The van der Waals surface area contributed by atoms with Gasteiger partial charge in [0.2, 0.25) is 0 Å². The Hall–Kier alpha value is -2.75. The number of hydrogen-bond donors (Lipinski definition) is 2. The van der Waals surface area contributed by atoms with Crippen LogP contribution in [0.4, 0.5) is 5.69 Å². The van der Waals surface area contributed by atoms with Crippen LogP contribution in [0.25, 0.3) is 0 Å². The lowest BCUT2D eigenvalue weighted by molar-refractivity contribution is 0.242. The second kappa shape index (κ2) is 13.1. The number of rotatable bonds is 9. The van der Waals surface area contributed by atoms with Gasteiger partial charge in [0.15, 0.2) is 5.96 Å². The van der Waals surface area contributed by atoms with Gasteiger partial charge in [0.05, 0.1) is 26.0 Å². The molecule has 0 aliphatic rings. The van der Waals surface area contributed by atoms with Crippen molar-refractivity contribution in [2.45, 2.75) is 39.8 Å². The summed E-state index contributed by atoms with van der Waals surface area (Å²) in [7, 11) is 3.61. The molecule has 33 heavy (non-hydrogen) atoms. The summed E-state index contributed by atoms with van der Waals surface area (Å²) < 4.78 is 13.0. The molecule has 1 heterocycles. The smallest absolute Gasteiger partial charge is 0.196 e. The maximum Gasteiger partial charge on any atom is 0.196 e. The van der Waals surface area contributed by atoms with E-state index in [9.17, 15) is 0 Å². The number of anilines is 1. The maximum atomic E-state index is 5.73. The second-order valence-corrected chi connectivity index (χ2v) is 8.00. The lowest BCUT2D eigenvalue weighted by Crippen LogP contribution is -2.32. The zero-order valence-corrected chi connectivity index (χ0v) is 22.3. The molecule has 178 valence electrons. The lowest BCUT2D eigenvalue weighted by Gasteiger charge is -2.15. The molecule has 0 atom stereocenters. The van der Waals surface area contributed by atoms with Crippen LogP contribution in [0.2, 0.25) is 0 Å². The normalized spacial score (nSPS) is 11.2. The quantitative estimate of drug-likeness (QED) is 0.219. The van der Waals surface area contributed by atoms with Crippen molar-refractivity contribution < 1.29 is 9.47 Å². The molecule has 0 bridgehead atoms. The van der Waals surface area contributed by atoms with E-state index in [0.717, 1.165) is 29.2 Å². The van der Waals surface area contributed by atoms with Gasteiger partial charge in [-0.2, -0.15) is 5.10 Å². The van der Waals surface area contributed by atoms with Gasteiger partial charge in [-0.25, -0.2) is 4.99 Å². The molecule has 0 unspecified atom stereocenters. The molecule has 1 aromatic heterocycles. The van der Waals surface area contributed by atoms with Crippen molar-refractivity contribution in [3.63, 3.8) is 0 Å². The lowest BCUT2D eigenvalue weighted by atomic mass is 10.1. The van der Waals surface area contributed by atoms with Crippen LogP contribution >= 0.6 is 24.0 Å². The predicted molar refractivity (Wildman–Crippen MR) is 145 cm³/mol. The number of benzene rings is 2. The van der Waals surface area contributed by atoms with Gasteiger partial charge in [0, 0.05) is 31.0 Å². The monoisotopic (exact) mass is 563 g/mol. The minimum Gasteiger partial charge on any atom is -0.496 e. The molecule has 0 saturated carbocycles. The first-order chi connectivity index (χ1) is 15.4. The molecule has 0 aliphatic heterocycles. The highest BCUT2D eigenvalue weighted by atomic mass is 127. The third-order valence-electron chi connectivity index (χ3n) is 4.79. The molecular formula is C25H34IN5O2. The fourth-order valence-corrected chi connectivity index (χ4v) is 3.31. The van der Waals surface area contributed by atoms with E-state index < -0.39 is 0 Å². The van der Waals surface area contributed by atoms with Crippen molar-refractivity contribution in [1.82, 2.24) is 15.1 Å². The Kier molecular flexibility index (Phi) is 10.5. The van der Waals surface area contributed by atoms with E-state index in [0.29, 0.717) is 19.0 Å². The van der Waals surface area contributed by atoms with Gasteiger partial charge in [-0.15, -0.1) is 24.0 Å². The Bertz CT molecular complexity index is 1030. The van der Waals surface area contributed by atoms with E-state index in [2.05, 4.69) is 34.8 Å². The van der Waals surface area contributed by atoms with Crippen LogP contribution in [0.15, 0.2) is 59.9 Å². The minimum atomic E-state index is 0. The highest BCUT2D eigenvalue weighted by Gasteiger charge is 2.06. The Balaban J connectivity index is 0.00000385. The van der Waals surface area contributed by atoms with Crippen LogP contribution < -0.4 is 20.1 Å². The molecule has 0 spiro atoms. The summed E-state index contributed by atoms with van der Waals surface area (Å²) in [5.41, 5.74) is 4.37. The standard InChI is InChI=1S/C25H33N5O2.HI/c1-18(2)32-23-9-7-22(8-10-23)29-25(27-15-20-16-28-30(4)17-20)26-13-12-21-14-19(3)6-11-24(21)31-5;/h6-11,14,16-18H,12-13,15H2,1-5H3,(H2,26,27,29);1H. The fourth-order valence-electron chi connectivity index (χ4n) is 3.31.